The molecule has 2 nitrogen and oxygen atoms in total. The minimum absolute atomic E-state index is 0.529. The Labute approximate surface area is 90.2 Å². The molecule has 0 amide bonds. The van der Waals surface area contributed by atoms with Crippen molar-refractivity contribution >= 4 is 9.76 Å². The van der Waals surface area contributed by atoms with Gasteiger partial charge in [0.25, 0.3) is 0 Å². The van der Waals surface area contributed by atoms with Crippen molar-refractivity contribution in [1.82, 2.24) is 0 Å². The molecule has 0 aromatic heterocycles. The van der Waals surface area contributed by atoms with E-state index < -0.39 is 0 Å². The van der Waals surface area contributed by atoms with Crippen LogP contribution in [-0.2, 0) is 4.43 Å². The Balaban J connectivity index is 4.02. The Kier molecular flexibility index (Phi) is 7.52. The van der Waals surface area contributed by atoms with Crippen LogP contribution in [0.25, 0.3) is 0 Å². The fraction of sp³-hybridized carbons (Fsp3) is 0.636. The standard InChI is InChI=1S/C11H21NOSi/c1-9(2)8-11(10(3)4)13-14-7-5-6-12/h8H,5-7,12H2,1-4H3. The Hall–Kier alpha value is -0.543. The van der Waals surface area contributed by atoms with E-state index in [4.69, 9.17) is 10.2 Å². The number of nitrogens with two attached hydrogens (primary N) is 1. The van der Waals surface area contributed by atoms with Crippen LogP contribution in [0.15, 0.2) is 23.0 Å². The van der Waals surface area contributed by atoms with Gasteiger partial charge in [0.05, 0.1) is 0 Å². The highest BCUT2D eigenvalue weighted by atomic mass is 28.2. The first-order chi connectivity index (χ1) is 6.57. The third-order valence-electron chi connectivity index (χ3n) is 1.58. The Morgan fingerprint density at radius 1 is 1.29 bits per heavy atom. The van der Waals surface area contributed by atoms with Crippen LogP contribution in [0.3, 0.4) is 0 Å². The molecule has 0 aliphatic carbocycles. The first kappa shape index (κ1) is 13.5. The fourth-order valence-corrected chi connectivity index (χ4v) is 1.71. The quantitative estimate of drug-likeness (QED) is 0.317. The summed E-state index contributed by atoms with van der Waals surface area (Å²) in [5.74, 6) is 1.01. The molecule has 0 aromatic carbocycles. The van der Waals surface area contributed by atoms with Crippen molar-refractivity contribution in [2.75, 3.05) is 6.54 Å². The van der Waals surface area contributed by atoms with Crippen LogP contribution in [-0.4, -0.2) is 16.3 Å². The average Bonchev–Trinajstić information content (AvgIpc) is 2.09. The molecule has 0 aliphatic heterocycles. The minimum atomic E-state index is 0.529. The Morgan fingerprint density at radius 2 is 1.93 bits per heavy atom. The molecule has 0 aromatic rings. The fourth-order valence-electron chi connectivity index (χ4n) is 0.841. The van der Waals surface area contributed by atoms with Gasteiger partial charge >= 0.3 is 9.76 Å². The molecule has 80 valence electrons. The van der Waals surface area contributed by atoms with Gasteiger partial charge in [0, 0.05) is 0 Å². The highest BCUT2D eigenvalue weighted by Gasteiger charge is 1.98. The molecule has 0 saturated carbocycles. The highest BCUT2D eigenvalue weighted by Crippen LogP contribution is 2.09. The molecule has 0 fully saturated rings. The summed E-state index contributed by atoms with van der Waals surface area (Å²) in [6.07, 6.45) is 3.13. The van der Waals surface area contributed by atoms with Gasteiger partial charge in [0.15, 0.2) is 0 Å². The van der Waals surface area contributed by atoms with Crippen LogP contribution in [0.2, 0.25) is 6.04 Å². The second-order valence-electron chi connectivity index (χ2n) is 3.72. The predicted molar refractivity (Wildman–Crippen MR) is 63.1 cm³/mol. The zero-order valence-corrected chi connectivity index (χ0v) is 10.7. The average molecular weight is 211 g/mol. The van der Waals surface area contributed by atoms with E-state index in [1.54, 1.807) is 0 Å². The molecule has 14 heavy (non-hydrogen) atoms. The lowest BCUT2D eigenvalue weighted by atomic mass is 10.2. The molecule has 0 atom stereocenters. The maximum absolute atomic E-state index is 5.69. The van der Waals surface area contributed by atoms with Crippen molar-refractivity contribution in [1.29, 1.82) is 0 Å². The molecule has 0 rings (SSSR count). The molecule has 2 N–H and O–H groups in total. The lowest BCUT2D eigenvalue weighted by molar-refractivity contribution is 0.463. The Morgan fingerprint density at radius 3 is 2.36 bits per heavy atom. The normalized spacial score (nSPS) is 9.50. The summed E-state index contributed by atoms with van der Waals surface area (Å²) in [7, 11) is 0.529. The molecular formula is C11H21NOSi. The lowest BCUT2D eigenvalue weighted by Crippen LogP contribution is -2.04. The van der Waals surface area contributed by atoms with Gasteiger partial charge in [0.1, 0.15) is 5.76 Å². The number of hydrogen-bond donors (Lipinski definition) is 1. The van der Waals surface area contributed by atoms with Crippen molar-refractivity contribution in [2.45, 2.75) is 40.2 Å². The third-order valence-corrected chi connectivity index (χ3v) is 2.50. The summed E-state index contributed by atoms with van der Waals surface area (Å²) in [5.41, 5.74) is 7.91. The van der Waals surface area contributed by atoms with Crippen LogP contribution in [0.1, 0.15) is 34.1 Å². The van der Waals surface area contributed by atoms with E-state index in [9.17, 15) is 0 Å². The van der Waals surface area contributed by atoms with Crippen molar-refractivity contribution in [3.63, 3.8) is 0 Å². The largest absolute Gasteiger partial charge is 0.541 e. The summed E-state index contributed by atoms with van der Waals surface area (Å²) >= 11 is 0. The van der Waals surface area contributed by atoms with Gasteiger partial charge in [-0.1, -0.05) is 5.57 Å². The predicted octanol–water partition coefficient (Wildman–Crippen LogP) is 2.65. The topological polar surface area (TPSA) is 35.2 Å². The first-order valence-electron chi connectivity index (χ1n) is 5.00. The summed E-state index contributed by atoms with van der Waals surface area (Å²) in [6.45, 7) is 9.05. The van der Waals surface area contributed by atoms with Gasteiger partial charge in [0.2, 0.25) is 0 Å². The molecule has 2 radical (unpaired) electrons. The maximum atomic E-state index is 5.69. The number of rotatable bonds is 6. The molecule has 0 bridgehead atoms. The minimum Gasteiger partial charge on any atom is -0.541 e. The van der Waals surface area contributed by atoms with Crippen LogP contribution in [0, 0.1) is 0 Å². The van der Waals surface area contributed by atoms with E-state index in [-0.39, 0.29) is 0 Å². The van der Waals surface area contributed by atoms with Crippen LogP contribution in [0.4, 0.5) is 0 Å². The van der Waals surface area contributed by atoms with Crippen molar-refractivity contribution < 1.29 is 4.43 Å². The molecule has 0 saturated heterocycles. The van der Waals surface area contributed by atoms with Gasteiger partial charge in [-0.3, -0.25) is 0 Å². The second kappa shape index (κ2) is 7.82. The van der Waals surface area contributed by atoms with Gasteiger partial charge in [-0.05, 0) is 58.4 Å². The van der Waals surface area contributed by atoms with E-state index in [1.165, 1.54) is 11.1 Å². The van der Waals surface area contributed by atoms with Crippen molar-refractivity contribution in [2.24, 2.45) is 5.73 Å². The van der Waals surface area contributed by atoms with Crippen molar-refractivity contribution in [3.8, 4) is 0 Å². The van der Waals surface area contributed by atoms with Crippen LogP contribution < -0.4 is 5.73 Å². The highest BCUT2D eigenvalue weighted by molar-refractivity contribution is 6.27. The molecule has 0 spiro atoms. The first-order valence-corrected chi connectivity index (χ1v) is 6.11. The summed E-state index contributed by atoms with van der Waals surface area (Å²) in [4.78, 5) is 0. The number of hydrogen-bond acceptors (Lipinski definition) is 2. The van der Waals surface area contributed by atoms with E-state index in [0.717, 1.165) is 24.8 Å². The van der Waals surface area contributed by atoms with Gasteiger partial charge < -0.3 is 10.2 Å². The van der Waals surface area contributed by atoms with E-state index in [1.807, 2.05) is 0 Å². The zero-order valence-electron chi connectivity index (χ0n) is 9.68. The third kappa shape index (κ3) is 6.92. The zero-order chi connectivity index (χ0) is 11.0. The molecule has 0 heterocycles. The molecule has 0 aliphatic rings. The van der Waals surface area contributed by atoms with E-state index in [0.29, 0.717) is 9.76 Å². The van der Waals surface area contributed by atoms with Crippen LogP contribution >= 0.6 is 0 Å². The molecule has 3 heteroatoms. The summed E-state index contributed by atoms with van der Waals surface area (Å²) in [5, 5.41) is 0. The number of allylic oxidation sites excluding steroid dienone is 3. The van der Waals surface area contributed by atoms with E-state index >= 15 is 0 Å². The van der Waals surface area contributed by atoms with Gasteiger partial charge in [-0.25, -0.2) is 0 Å². The lowest BCUT2D eigenvalue weighted by Gasteiger charge is -2.08. The SMILES string of the molecule is CC(C)=CC(O[Si]CCCN)=C(C)C. The summed E-state index contributed by atoms with van der Waals surface area (Å²) < 4.78 is 5.69. The van der Waals surface area contributed by atoms with Gasteiger partial charge in [-0.2, -0.15) is 0 Å². The molecule has 0 unspecified atom stereocenters. The molecular weight excluding hydrogens is 190 g/mol. The summed E-state index contributed by atoms with van der Waals surface area (Å²) in [6, 6.07) is 1.06. The monoisotopic (exact) mass is 211 g/mol. The second-order valence-corrected chi connectivity index (χ2v) is 4.72. The van der Waals surface area contributed by atoms with E-state index in [2.05, 4.69) is 33.8 Å². The van der Waals surface area contributed by atoms with Crippen molar-refractivity contribution in [3.05, 3.63) is 23.0 Å². The Bertz CT molecular complexity index is 213. The van der Waals surface area contributed by atoms with Gasteiger partial charge in [-0.15, -0.1) is 0 Å². The maximum Gasteiger partial charge on any atom is 0.310 e. The smallest absolute Gasteiger partial charge is 0.310 e. The van der Waals surface area contributed by atoms with Crippen LogP contribution in [0.5, 0.6) is 0 Å².